The minimum absolute atomic E-state index is 0.245. The zero-order valence-corrected chi connectivity index (χ0v) is 13.6. The van der Waals surface area contributed by atoms with Crippen molar-refractivity contribution in [3.63, 3.8) is 0 Å². The topological polar surface area (TPSA) is 36.4 Å². The van der Waals surface area contributed by atoms with Gasteiger partial charge in [0.1, 0.15) is 5.82 Å². The molecule has 0 unspecified atom stereocenters. The number of alkyl halides is 3. The SMILES string of the molecule is CCNC(=NCC(C)(C)c1ccccc1F)NCCC(F)(F)F. The van der Waals surface area contributed by atoms with Gasteiger partial charge in [0.25, 0.3) is 0 Å². The van der Waals surface area contributed by atoms with Crippen LogP contribution in [0.3, 0.4) is 0 Å². The predicted octanol–water partition coefficient (Wildman–Crippen LogP) is 3.61. The molecule has 0 radical (unpaired) electrons. The standard InChI is InChI=1S/C16H23F4N3/c1-4-21-14(22-10-9-16(18,19)20)23-11-15(2,3)12-7-5-6-8-13(12)17/h5-8H,4,9-11H2,1-3H3,(H2,21,22,23). The van der Waals surface area contributed by atoms with Crippen molar-refractivity contribution in [3.05, 3.63) is 35.6 Å². The summed E-state index contributed by atoms with van der Waals surface area (Å²) in [5, 5.41) is 5.53. The molecule has 0 saturated carbocycles. The van der Waals surface area contributed by atoms with Gasteiger partial charge in [-0.25, -0.2) is 4.39 Å². The van der Waals surface area contributed by atoms with Crippen molar-refractivity contribution in [1.29, 1.82) is 0 Å². The van der Waals surface area contributed by atoms with Gasteiger partial charge in [0.15, 0.2) is 5.96 Å². The number of rotatable bonds is 6. The first-order chi connectivity index (χ1) is 10.7. The van der Waals surface area contributed by atoms with E-state index in [0.717, 1.165) is 0 Å². The maximum Gasteiger partial charge on any atom is 0.390 e. The Labute approximate surface area is 134 Å². The van der Waals surface area contributed by atoms with Gasteiger partial charge in [-0.1, -0.05) is 32.0 Å². The molecule has 0 aliphatic carbocycles. The van der Waals surface area contributed by atoms with E-state index in [4.69, 9.17) is 0 Å². The maximum atomic E-state index is 13.9. The van der Waals surface area contributed by atoms with E-state index in [0.29, 0.717) is 18.1 Å². The fourth-order valence-corrected chi connectivity index (χ4v) is 2.04. The Balaban J connectivity index is 2.74. The highest BCUT2D eigenvalue weighted by Gasteiger charge is 2.27. The molecule has 0 atom stereocenters. The van der Waals surface area contributed by atoms with Gasteiger partial charge in [-0.15, -0.1) is 0 Å². The fraction of sp³-hybridized carbons (Fsp3) is 0.562. The highest BCUT2D eigenvalue weighted by atomic mass is 19.4. The molecule has 0 spiro atoms. The summed E-state index contributed by atoms with van der Waals surface area (Å²) in [7, 11) is 0. The van der Waals surface area contributed by atoms with Crippen molar-refractivity contribution >= 4 is 5.96 Å². The average Bonchev–Trinajstić information content (AvgIpc) is 2.44. The van der Waals surface area contributed by atoms with Crippen LogP contribution in [0.15, 0.2) is 29.3 Å². The summed E-state index contributed by atoms with van der Waals surface area (Å²) >= 11 is 0. The van der Waals surface area contributed by atoms with Gasteiger partial charge in [0, 0.05) is 18.5 Å². The number of nitrogens with one attached hydrogen (secondary N) is 2. The molecule has 0 amide bonds. The zero-order chi connectivity index (χ0) is 17.5. The third-order valence-corrected chi connectivity index (χ3v) is 3.28. The van der Waals surface area contributed by atoms with Crippen molar-refractivity contribution in [2.24, 2.45) is 4.99 Å². The Bertz CT molecular complexity index is 524. The molecule has 0 aliphatic heterocycles. The lowest BCUT2D eigenvalue weighted by atomic mass is 9.84. The van der Waals surface area contributed by atoms with Crippen molar-refractivity contribution in [1.82, 2.24) is 10.6 Å². The Morgan fingerprint density at radius 1 is 1.13 bits per heavy atom. The van der Waals surface area contributed by atoms with Crippen LogP contribution in [0.4, 0.5) is 17.6 Å². The van der Waals surface area contributed by atoms with Gasteiger partial charge in [-0.05, 0) is 18.6 Å². The first-order valence-electron chi connectivity index (χ1n) is 7.49. The van der Waals surface area contributed by atoms with Gasteiger partial charge < -0.3 is 10.6 Å². The van der Waals surface area contributed by atoms with Crippen LogP contribution in [0, 0.1) is 5.82 Å². The quantitative estimate of drug-likeness (QED) is 0.474. The second-order valence-corrected chi connectivity index (χ2v) is 5.85. The third-order valence-electron chi connectivity index (χ3n) is 3.28. The minimum Gasteiger partial charge on any atom is -0.357 e. The molecule has 7 heteroatoms. The molecule has 0 bridgehead atoms. The number of benzene rings is 1. The van der Waals surface area contributed by atoms with E-state index >= 15 is 0 Å². The molecule has 0 fully saturated rings. The van der Waals surface area contributed by atoms with Gasteiger partial charge in [0.05, 0.1) is 13.0 Å². The van der Waals surface area contributed by atoms with Crippen molar-refractivity contribution in [2.45, 2.75) is 38.8 Å². The van der Waals surface area contributed by atoms with E-state index in [1.54, 1.807) is 18.2 Å². The number of nitrogens with zero attached hydrogens (tertiary/aromatic N) is 1. The van der Waals surface area contributed by atoms with E-state index in [1.165, 1.54) is 6.07 Å². The van der Waals surface area contributed by atoms with Crippen LogP contribution >= 0.6 is 0 Å². The number of guanidine groups is 1. The lowest BCUT2D eigenvalue weighted by Crippen LogP contribution is -2.40. The molecule has 0 heterocycles. The number of hydrogen-bond acceptors (Lipinski definition) is 1. The van der Waals surface area contributed by atoms with Gasteiger partial charge in [0.2, 0.25) is 0 Å². The summed E-state index contributed by atoms with van der Waals surface area (Å²) in [6.45, 7) is 6.02. The molecular weight excluding hydrogens is 310 g/mol. The highest BCUT2D eigenvalue weighted by Crippen LogP contribution is 2.25. The molecule has 0 aliphatic rings. The number of hydrogen-bond donors (Lipinski definition) is 2. The van der Waals surface area contributed by atoms with Crippen LogP contribution < -0.4 is 10.6 Å². The molecule has 0 aromatic heterocycles. The second kappa shape index (κ2) is 8.17. The highest BCUT2D eigenvalue weighted by molar-refractivity contribution is 5.79. The summed E-state index contributed by atoms with van der Waals surface area (Å²) in [4.78, 5) is 4.28. The van der Waals surface area contributed by atoms with E-state index in [-0.39, 0.29) is 18.9 Å². The monoisotopic (exact) mass is 333 g/mol. The van der Waals surface area contributed by atoms with Crippen LogP contribution in [-0.4, -0.2) is 31.8 Å². The van der Waals surface area contributed by atoms with Crippen LogP contribution in [0.25, 0.3) is 0 Å². The summed E-state index contributed by atoms with van der Waals surface area (Å²) in [6, 6.07) is 6.43. The van der Waals surface area contributed by atoms with Gasteiger partial charge in [-0.3, -0.25) is 4.99 Å². The maximum absolute atomic E-state index is 13.9. The smallest absolute Gasteiger partial charge is 0.357 e. The molecule has 2 N–H and O–H groups in total. The van der Waals surface area contributed by atoms with Crippen molar-refractivity contribution < 1.29 is 17.6 Å². The summed E-state index contributed by atoms with van der Waals surface area (Å²) in [6.07, 6.45) is -5.15. The summed E-state index contributed by atoms with van der Waals surface area (Å²) in [5.74, 6) is -0.0242. The lowest BCUT2D eigenvalue weighted by Gasteiger charge is -2.24. The Morgan fingerprint density at radius 2 is 1.78 bits per heavy atom. The van der Waals surface area contributed by atoms with Crippen LogP contribution in [0.1, 0.15) is 32.8 Å². The van der Waals surface area contributed by atoms with E-state index in [9.17, 15) is 17.6 Å². The van der Waals surface area contributed by atoms with Crippen LogP contribution in [-0.2, 0) is 5.41 Å². The zero-order valence-electron chi connectivity index (χ0n) is 13.6. The first-order valence-corrected chi connectivity index (χ1v) is 7.49. The molecule has 1 aromatic carbocycles. The molecule has 0 saturated heterocycles. The summed E-state index contributed by atoms with van der Waals surface area (Å²) in [5.41, 5.74) is -0.0487. The van der Waals surface area contributed by atoms with E-state index < -0.39 is 18.0 Å². The largest absolute Gasteiger partial charge is 0.390 e. The average molecular weight is 333 g/mol. The molecule has 1 rings (SSSR count). The Morgan fingerprint density at radius 3 is 2.35 bits per heavy atom. The lowest BCUT2D eigenvalue weighted by molar-refractivity contribution is -0.132. The first kappa shape index (κ1) is 19.3. The molecule has 3 nitrogen and oxygen atoms in total. The van der Waals surface area contributed by atoms with E-state index in [1.807, 2.05) is 20.8 Å². The van der Waals surface area contributed by atoms with E-state index in [2.05, 4.69) is 15.6 Å². The Kier molecular flexibility index (Phi) is 6.84. The van der Waals surface area contributed by atoms with Crippen molar-refractivity contribution in [2.75, 3.05) is 19.6 Å². The fourth-order valence-electron chi connectivity index (χ4n) is 2.04. The number of halogens is 4. The molecule has 130 valence electrons. The van der Waals surface area contributed by atoms with Gasteiger partial charge >= 0.3 is 6.18 Å². The van der Waals surface area contributed by atoms with Gasteiger partial charge in [-0.2, -0.15) is 13.2 Å². The normalized spacial score (nSPS) is 13.1. The second-order valence-electron chi connectivity index (χ2n) is 5.85. The summed E-state index contributed by atoms with van der Waals surface area (Å²) < 4.78 is 50.5. The Hall–Kier alpha value is -1.79. The van der Waals surface area contributed by atoms with Crippen molar-refractivity contribution in [3.8, 4) is 0 Å². The third kappa shape index (κ3) is 6.88. The van der Waals surface area contributed by atoms with Crippen LogP contribution in [0.5, 0.6) is 0 Å². The van der Waals surface area contributed by atoms with Crippen LogP contribution in [0.2, 0.25) is 0 Å². The predicted molar refractivity (Wildman–Crippen MR) is 84.1 cm³/mol. The minimum atomic E-state index is -4.21. The molecule has 1 aromatic rings. The molecule has 23 heavy (non-hydrogen) atoms. The number of aliphatic imine (C=N–C) groups is 1. The molecular formula is C16H23F4N3.